The lowest BCUT2D eigenvalue weighted by Gasteiger charge is -2.36. The summed E-state index contributed by atoms with van der Waals surface area (Å²) in [7, 11) is 0. The molecule has 0 unspecified atom stereocenters. The van der Waals surface area contributed by atoms with E-state index in [1.807, 2.05) is 38.7 Å². The number of amides is 2. The van der Waals surface area contributed by atoms with Crippen molar-refractivity contribution in [1.29, 1.82) is 0 Å². The van der Waals surface area contributed by atoms with Crippen molar-refractivity contribution in [3.05, 3.63) is 99.2 Å². The Morgan fingerprint density at radius 1 is 0.694 bits per heavy atom. The number of hydrogen-bond acceptors (Lipinski definition) is 8. The molecule has 2 atom stereocenters. The van der Waals surface area contributed by atoms with Crippen LogP contribution < -0.4 is 10.2 Å². The predicted molar refractivity (Wildman–Crippen MR) is 244 cm³/mol. The molecule has 6 heterocycles. The van der Waals surface area contributed by atoms with Gasteiger partial charge in [-0.15, -0.1) is 0 Å². The first kappa shape index (κ1) is 43.2. The standard InChI is InChI=1S/C27H28Cl2N4O2.C21H26N4O2/c1-15(2)14-32-23-11-8-18(26-16(3)31-35-17(26)4)12-22(23)30-27(32)24-6-5-7-25(34)33(24)19-9-10-20(28)21(29)13-19;1-12(2)11-25-18-9-8-15(20-13(3)24-27-14(20)4)10-17(18)23-21(25)16-6-5-7-19(26)22-16/h8-13,15,24H,5-7,14H2,1-4H3;8-10,12,16H,5-7,11H2,1-4H3,(H,22,26)/t24-;16-/m00/s1. The fourth-order valence-electron chi connectivity index (χ4n) is 9.11. The number of piperidine rings is 2. The largest absolute Gasteiger partial charge is 0.361 e. The van der Waals surface area contributed by atoms with Gasteiger partial charge in [-0.25, -0.2) is 9.97 Å². The molecule has 0 aliphatic carbocycles. The Balaban J connectivity index is 0.000000176. The normalized spacial score (nSPS) is 17.1. The van der Waals surface area contributed by atoms with Crippen molar-refractivity contribution in [2.24, 2.45) is 11.8 Å². The smallest absolute Gasteiger partial charge is 0.227 e. The number of halogens is 2. The molecule has 0 saturated carbocycles. The maximum Gasteiger partial charge on any atom is 0.227 e. The van der Waals surface area contributed by atoms with E-state index in [-0.39, 0.29) is 23.9 Å². The Bertz CT molecular complexity index is 2760. The molecule has 1 N–H and O–H groups in total. The first-order chi connectivity index (χ1) is 29.7. The summed E-state index contributed by atoms with van der Waals surface area (Å²) >= 11 is 12.5. The Kier molecular flexibility index (Phi) is 12.4. The molecule has 0 bridgehead atoms. The number of imidazole rings is 2. The van der Waals surface area contributed by atoms with Crippen molar-refractivity contribution in [3.8, 4) is 22.3 Å². The number of fused-ring (bicyclic) bond motifs is 2. The van der Waals surface area contributed by atoms with Gasteiger partial charge in [0.05, 0.1) is 55.6 Å². The second-order valence-electron chi connectivity index (χ2n) is 17.5. The van der Waals surface area contributed by atoms with Gasteiger partial charge in [-0.05, 0) is 119 Å². The summed E-state index contributed by atoms with van der Waals surface area (Å²) in [6.07, 6.45) is 4.59. The van der Waals surface area contributed by atoms with Crippen molar-refractivity contribution in [2.45, 2.75) is 119 Å². The number of benzene rings is 3. The number of anilines is 1. The van der Waals surface area contributed by atoms with Crippen LogP contribution in [0.5, 0.6) is 0 Å². The van der Waals surface area contributed by atoms with Gasteiger partial charge in [0, 0.05) is 42.7 Å². The van der Waals surface area contributed by atoms with E-state index in [1.54, 1.807) is 12.1 Å². The molecule has 2 aliphatic rings. The van der Waals surface area contributed by atoms with Gasteiger partial charge in [0.15, 0.2) is 0 Å². The highest BCUT2D eigenvalue weighted by Crippen LogP contribution is 2.40. The third kappa shape index (κ3) is 8.51. The predicted octanol–water partition coefficient (Wildman–Crippen LogP) is 11.8. The molecule has 3 aromatic carbocycles. The molecule has 2 fully saturated rings. The quantitative estimate of drug-likeness (QED) is 0.151. The van der Waals surface area contributed by atoms with E-state index in [0.29, 0.717) is 34.7 Å². The minimum atomic E-state index is -0.192. The molecule has 2 saturated heterocycles. The monoisotopic (exact) mass is 876 g/mol. The molecular formula is C48H54Cl2N8O4. The zero-order valence-electron chi connectivity index (χ0n) is 36.7. The lowest BCUT2D eigenvalue weighted by atomic mass is 9.99. The number of hydrogen-bond donors (Lipinski definition) is 1. The summed E-state index contributed by atoms with van der Waals surface area (Å²) in [5.74, 6) is 4.53. The van der Waals surface area contributed by atoms with Crippen LogP contribution in [0.25, 0.3) is 44.3 Å². The zero-order chi connectivity index (χ0) is 44.0. The van der Waals surface area contributed by atoms with Gasteiger partial charge < -0.3 is 28.4 Å². The molecule has 2 amide bonds. The topological polar surface area (TPSA) is 137 Å². The van der Waals surface area contributed by atoms with Gasteiger partial charge in [0.1, 0.15) is 23.2 Å². The van der Waals surface area contributed by atoms with E-state index in [2.05, 4.69) is 88.9 Å². The highest BCUT2D eigenvalue weighted by Gasteiger charge is 2.35. The zero-order valence-corrected chi connectivity index (χ0v) is 38.2. The van der Waals surface area contributed by atoms with Gasteiger partial charge in [0.25, 0.3) is 0 Å². The van der Waals surface area contributed by atoms with Gasteiger partial charge in [-0.3, -0.25) is 9.59 Å². The van der Waals surface area contributed by atoms with Crippen molar-refractivity contribution in [1.82, 2.24) is 34.7 Å². The van der Waals surface area contributed by atoms with Gasteiger partial charge in [-0.1, -0.05) is 73.3 Å². The van der Waals surface area contributed by atoms with Crippen molar-refractivity contribution in [3.63, 3.8) is 0 Å². The maximum absolute atomic E-state index is 13.2. The SMILES string of the molecule is Cc1noc(C)c1-c1ccc2c(c1)nc([C@@H]1CCCC(=O)N1)n2CC(C)C.Cc1noc(C)c1-c1ccc2c(c1)nc([C@@H]1CCCC(=O)N1c1ccc(Cl)c(Cl)c1)n2CC(C)C. The average molecular weight is 878 g/mol. The molecule has 14 heteroatoms. The van der Waals surface area contributed by atoms with Crippen LogP contribution in [0, 0.1) is 39.5 Å². The maximum atomic E-state index is 13.2. The Morgan fingerprint density at radius 2 is 1.24 bits per heavy atom. The van der Waals surface area contributed by atoms with Crippen molar-refractivity contribution in [2.75, 3.05) is 4.90 Å². The Morgan fingerprint density at radius 3 is 1.76 bits per heavy atom. The summed E-state index contributed by atoms with van der Waals surface area (Å²) in [4.78, 5) is 37.0. The van der Waals surface area contributed by atoms with E-state index in [9.17, 15) is 9.59 Å². The lowest BCUT2D eigenvalue weighted by molar-refractivity contribution is -0.123. The first-order valence-electron chi connectivity index (χ1n) is 21.6. The van der Waals surface area contributed by atoms with Crippen LogP contribution in [0.4, 0.5) is 5.69 Å². The minimum absolute atomic E-state index is 0.0140. The molecule has 62 heavy (non-hydrogen) atoms. The fraction of sp³-hybridized carbons (Fsp3) is 0.417. The van der Waals surface area contributed by atoms with E-state index < -0.39 is 0 Å². The molecular weight excluding hydrogens is 823 g/mol. The van der Waals surface area contributed by atoms with E-state index in [4.69, 9.17) is 42.2 Å². The molecule has 0 radical (unpaired) electrons. The number of carbonyl (C=O) groups is 2. The molecule has 324 valence electrons. The number of carbonyl (C=O) groups excluding carboxylic acids is 2. The van der Waals surface area contributed by atoms with E-state index in [1.165, 1.54) is 0 Å². The summed E-state index contributed by atoms with van der Waals surface area (Å²) < 4.78 is 15.3. The van der Waals surface area contributed by atoms with Gasteiger partial charge in [0.2, 0.25) is 11.8 Å². The summed E-state index contributed by atoms with van der Waals surface area (Å²) in [6, 6.07) is 17.8. The molecule has 4 aromatic heterocycles. The number of rotatable bonds is 9. The van der Waals surface area contributed by atoms with Crippen LogP contribution >= 0.6 is 23.2 Å². The third-order valence-electron chi connectivity index (χ3n) is 11.8. The summed E-state index contributed by atoms with van der Waals surface area (Å²) in [6.45, 7) is 18.2. The Hall–Kier alpha value is -5.46. The number of aromatic nitrogens is 6. The average Bonchev–Trinajstić information content (AvgIpc) is 3.97. The van der Waals surface area contributed by atoms with Gasteiger partial charge in [-0.2, -0.15) is 0 Å². The molecule has 7 aromatic rings. The Labute approximate surface area is 371 Å². The minimum Gasteiger partial charge on any atom is -0.361 e. The van der Waals surface area contributed by atoms with Crippen LogP contribution in [0.2, 0.25) is 10.0 Å². The third-order valence-corrected chi connectivity index (χ3v) is 12.5. The van der Waals surface area contributed by atoms with E-state index >= 15 is 0 Å². The first-order valence-corrected chi connectivity index (χ1v) is 22.4. The van der Waals surface area contributed by atoms with Crippen LogP contribution in [0.15, 0.2) is 63.6 Å². The number of nitrogens with zero attached hydrogens (tertiary/aromatic N) is 7. The molecule has 9 rings (SSSR count). The molecule has 0 spiro atoms. The van der Waals surface area contributed by atoms with Crippen LogP contribution in [-0.4, -0.2) is 41.2 Å². The molecule has 12 nitrogen and oxygen atoms in total. The van der Waals surface area contributed by atoms with Crippen LogP contribution in [0.1, 0.15) is 113 Å². The fourth-order valence-corrected chi connectivity index (χ4v) is 9.40. The number of nitrogens with one attached hydrogen (secondary N) is 1. The van der Waals surface area contributed by atoms with Crippen molar-refractivity contribution >= 4 is 62.8 Å². The molecule has 2 aliphatic heterocycles. The summed E-state index contributed by atoms with van der Waals surface area (Å²) in [5.41, 5.74) is 10.6. The second-order valence-corrected chi connectivity index (χ2v) is 18.4. The lowest BCUT2D eigenvalue weighted by Crippen LogP contribution is -2.39. The highest BCUT2D eigenvalue weighted by atomic mass is 35.5. The van der Waals surface area contributed by atoms with Crippen LogP contribution in [0.3, 0.4) is 0 Å². The van der Waals surface area contributed by atoms with E-state index in [0.717, 1.165) is 123 Å². The highest BCUT2D eigenvalue weighted by molar-refractivity contribution is 6.42. The summed E-state index contributed by atoms with van der Waals surface area (Å²) in [5, 5.41) is 12.2. The van der Waals surface area contributed by atoms with Crippen LogP contribution in [-0.2, 0) is 22.7 Å². The number of aryl methyl sites for hydroxylation is 4. The second kappa shape index (κ2) is 17.7. The van der Waals surface area contributed by atoms with Crippen molar-refractivity contribution < 1.29 is 18.6 Å². The van der Waals surface area contributed by atoms with Gasteiger partial charge >= 0.3 is 0 Å².